The Hall–Kier alpha value is -2.04. The van der Waals surface area contributed by atoms with Crippen LogP contribution in [0.4, 0.5) is 0 Å². The molecule has 0 radical (unpaired) electrons. The molecular weight excluding hydrogens is 240 g/mol. The third kappa shape index (κ3) is 2.41. The zero-order valence-electron chi connectivity index (χ0n) is 10.7. The summed E-state index contributed by atoms with van der Waals surface area (Å²) in [6.45, 7) is 2.07. The van der Waals surface area contributed by atoms with E-state index in [0.29, 0.717) is 0 Å². The van der Waals surface area contributed by atoms with E-state index in [-0.39, 0.29) is 6.04 Å². The van der Waals surface area contributed by atoms with Gasteiger partial charge < -0.3 is 8.83 Å². The molecule has 3 rings (SSSR count). The fourth-order valence-corrected chi connectivity index (χ4v) is 2.24. The van der Waals surface area contributed by atoms with Gasteiger partial charge in [-0.1, -0.05) is 11.6 Å². The highest BCUT2D eigenvalue weighted by molar-refractivity contribution is 5.78. The van der Waals surface area contributed by atoms with Crippen molar-refractivity contribution in [2.45, 2.75) is 19.4 Å². The van der Waals surface area contributed by atoms with Gasteiger partial charge in [-0.05, 0) is 43.2 Å². The van der Waals surface area contributed by atoms with Crippen molar-refractivity contribution in [1.82, 2.24) is 5.43 Å². The molecule has 1 atom stereocenters. The maximum atomic E-state index is 5.85. The Balaban J connectivity index is 1.92. The molecule has 2 aromatic heterocycles. The first-order valence-electron chi connectivity index (χ1n) is 6.23. The van der Waals surface area contributed by atoms with Gasteiger partial charge in [-0.25, -0.2) is 5.43 Å². The summed E-state index contributed by atoms with van der Waals surface area (Å²) < 4.78 is 10.9. The fourth-order valence-electron chi connectivity index (χ4n) is 2.24. The number of hydrogen-bond acceptors (Lipinski definition) is 4. The van der Waals surface area contributed by atoms with Crippen molar-refractivity contribution >= 4 is 11.0 Å². The van der Waals surface area contributed by atoms with Crippen LogP contribution < -0.4 is 11.3 Å². The quantitative estimate of drug-likeness (QED) is 0.556. The van der Waals surface area contributed by atoms with Crippen LogP contribution in [0.3, 0.4) is 0 Å². The molecule has 0 fully saturated rings. The number of benzene rings is 1. The number of hydrazine groups is 1. The lowest BCUT2D eigenvalue weighted by atomic mass is 10.1. The van der Waals surface area contributed by atoms with E-state index in [0.717, 1.165) is 28.7 Å². The molecule has 1 aromatic carbocycles. The summed E-state index contributed by atoms with van der Waals surface area (Å²) in [5.74, 6) is 6.47. The van der Waals surface area contributed by atoms with Gasteiger partial charge >= 0.3 is 0 Å². The zero-order valence-corrected chi connectivity index (χ0v) is 10.7. The predicted octanol–water partition coefficient (Wildman–Crippen LogP) is 3.08. The number of furan rings is 2. The molecule has 98 valence electrons. The SMILES string of the molecule is Cc1ccc2oc(C(Cc3ccoc3)NN)cc2c1. The second kappa shape index (κ2) is 4.91. The Kier molecular flexibility index (Phi) is 3.11. The molecule has 19 heavy (non-hydrogen) atoms. The lowest BCUT2D eigenvalue weighted by molar-refractivity contribution is 0.433. The summed E-state index contributed by atoms with van der Waals surface area (Å²) in [5, 5.41) is 1.10. The Morgan fingerprint density at radius 2 is 2.16 bits per heavy atom. The second-order valence-corrected chi connectivity index (χ2v) is 4.75. The molecule has 0 saturated heterocycles. The Morgan fingerprint density at radius 1 is 1.26 bits per heavy atom. The molecule has 1 unspecified atom stereocenters. The lowest BCUT2D eigenvalue weighted by Gasteiger charge is -2.11. The van der Waals surface area contributed by atoms with Crippen LogP contribution in [0.1, 0.15) is 22.9 Å². The van der Waals surface area contributed by atoms with Gasteiger partial charge in [-0.3, -0.25) is 5.84 Å². The molecule has 0 aliphatic rings. The standard InChI is InChI=1S/C15H16N2O2/c1-10-2-3-14-12(6-10)8-15(19-14)13(17-16)7-11-4-5-18-9-11/h2-6,8-9,13,17H,7,16H2,1H3. The molecule has 0 aliphatic carbocycles. The van der Waals surface area contributed by atoms with E-state index in [1.165, 1.54) is 5.56 Å². The van der Waals surface area contributed by atoms with E-state index in [4.69, 9.17) is 14.7 Å². The van der Waals surface area contributed by atoms with Gasteiger partial charge in [0.2, 0.25) is 0 Å². The van der Waals surface area contributed by atoms with Crippen LogP contribution >= 0.6 is 0 Å². The van der Waals surface area contributed by atoms with Crippen LogP contribution in [0, 0.1) is 6.92 Å². The molecule has 0 amide bonds. The number of hydrogen-bond donors (Lipinski definition) is 2. The minimum Gasteiger partial charge on any atom is -0.472 e. The summed E-state index contributed by atoms with van der Waals surface area (Å²) in [4.78, 5) is 0. The van der Waals surface area contributed by atoms with Crippen molar-refractivity contribution in [3.8, 4) is 0 Å². The molecule has 0 aliphatic heterocycles. The largest absolute Gasteiger partial charge is 0.472 e. The number of rotatable bonds is 4. The maximum Gasteiger partial charge on any atom is 0.134 e. The smallest absolute Gasteiger partial charge is 0.134 e. The number of nitrogens with two attached hydrogens (primary N) is 1. The van der Waals surface area contributed by atoms with E-state index >= 15 is 0 Å². The van der Waals surface area contributed by atoms with Crippen LogP contribution in [0.25, 0.3) is 11.0 Å². The molecule has 0 bridgehead atoms. The van der Waals surface area contributed by atoms with Crippen molar-refractivity contribution in [2.75, 3.05) is 0 Å². The highest BCUT2D eigenvalue weighted by Crippen LogP contribution is 2.26. The Morgan fingerprint density at radius 3 is 2.89 bits per heavy atom. The summed E-state index contributed by atoms with van der Waals surface area (Å²) in [7, 11) is 0. The van der Waals surface area contributed by atoms with Gasteiger partial charge in [-0.15, -0.1) is 0 Å². The molecular formula is C15H16N2O2. The number of fused-ring (bicyclic) bond motifs is 1. The third-order valence-corrected chi connectivity index (χ3v) is 3.26. The highest BCUT2D eigenvalue weighted by Gasteiger charge is 2.16. The molecule has 3 N–H and O–H groups in total. The molecule has 0 spiro atoms. The normalized spacial score (nSPS) is 12.9. The van der Waals surface area contributed by atoms with Crippen LogP contribution in [0.2, 0.25) is 0 Å². The predicted molar refractivity (Wildman–Crippen MR) is 73.4 cm³/mol. The average molecular weight is 256 g/mol. The van der Waals surface area contributed by atoms with Crippen LogP contribution in [-0.2, 0) is 6.42 Å². The number of nitrogens with one attached hydrogen (secondary N) is 1. The average Bonchev–Trinajstić information content (AvgIpc) is 3.03. The first-order valence-corrected chi connectivity index (χ1v) is 6.23. The monoisotopic (exact) mass is 256 g/mol. The summed E-state index contributed by atoms with van der Waals surface area (Å²) in [5.41, 5.74) is 5.98. The van der Waals surface area contributed by atoms with E-state index < -0.39 is 0 Å². The summed E-state index contributed by atoms with van der Waals surface area (Å²) >= 11 is 0. The third-order valence-electron chi connectivity index (χ3n) is 3.26. The van der Waals surface area contributed by atoms with Gasteiger partial charge in [-0.2, -0.15) is 0 Å². The molecule has 3 aromatic rings. The topological polar surface area (TPSA) is 64.3 Å². The lowest BCUT2D eigenvalue weighted by Crippen LogP contribution is -2.29. The van der Waals surface area contributed by atoms with Crippen LogP contribution in [-0.4, -0.2) is 0 Å². The van der Waals surface area contributed by atoms with Crippen molar-refractivity contribution in [3.63, 3.8) is 0 Å². The first kappa shape index (κ1) is 12.0. The zero-order chi connectivity index (χ0) is 13.2. The molecule has 0 saturated carbocycles. The second-order valence-electron chi connectivity index (χ2n) is 4.75. The Labute approximate surface area is 111 Å². The minimum atomic E-state index is -0.0645. The van der Waals surface area contributed by atoms with Gasteiger partial charge in [0.1, 0.15) is 11.3 Å². The van der Waals surface area contributed by atoms with Crippen molar-refractivity contribution in [3.05, 3.63) is 59.7 Å². The fraction of sp³-hybridized carbons (Fsp3) is 0.200. The van der Waals surface area contributed by atoms with Crippen LogP contribution in [0.15, 0.2) is 51.7 Å². The summed E-state index contributed by atoms with van der Waals surface area (Å²) in [6, 6.07) is 10.0. The highest BCUT2D eigenvalue weighted by atomic mass is 16.3. The van der Waals surface area contributed by atoms with Crippen molar-refractivity contribution in [2.24, 2.45) is 5.84 Å². The molecule has 4 nitrogen and oxygen atoms in total. The number of aryl methyl sites for hydroxylation is 1. The van der Waals surface area contributed by atoms with Gasteiger partial charge in [0, 0.05) is 5.39 Å². The van der Waals surface area contributed by atoms with E-state index in [2.05, 4.69) is 18.4 Å². The summed E-state index contributed by atoms with van der Waals surface area (Å²) in [6.07, 6.45) is 4.11. The first-order chi connectivity index (χ1) is 9.26. The van der Waals surface area contributed by atoms with E-state index in [1.807, 2.05) is 24.3 Å². The van der Waals surface area contributed by atoms with Crippen LogP contribution in [0.5, 0.6) is 0 Å². The van der Waals surface area contributed by atoms with Crippen molar-refractivity contribution < 1.29 is 8.83 Å². The van der Waals surface area contributed by atoms with Gasteiger partial charge in [0.05, 0.1) is 18.6 Å². The minimum absolute atomic E-state index is 0.0645. The maximum absolute atomic E-state index is 5.85. The molecule has 2 heterocycles. The van der Waals surface area contributed by atoms with E-state index in [9.17, 15) is 0 Å². The van der Waals surface area contributed by atoms with Crippen molar-refractivity contribution in [1.29, 1.82) is 0 Å². The van der Waals surface area contributed by atoms with Gasteiger partial charge in [0.15, 0.2) is 0 Å². The van der Waals surface area contributed by atoms with Gasteiger partial charge in [0.25, 0.3) is 0 Å². The Bertz CT molecular complexity index is 671. The van der Waals surface area contributed by atoms with E-state index in [1.54, 1.807) is 12.5 Å². The molecule has 4 heteroatoms.